The molecule has 2 amide bonds. The molecule has 1 aliphatic rings. The molecule has 2 aromatic carbocycles. The zero-order chi connectivity index (χ0) is 27.0. The largest absolute Gasteiger partial charge is 0.497 e. The highest BCUT2D eigenvalue weighted by molar-refractivity contribution is 7.92. The molecular weight excluding hydrogens is 490 g/mol. The minimum atomic E-state index is -3.55. The van der Waals surface area contributed by atoms with Crippen LogP contribution in [0.4, 0.5) is 5.69 Å². The average molecular weight is 530 g/mol. The fourth-order valence-electron chi connectivity index (χ4n) is 4.62. The topological polar surface area (TPSA) is 96.0 Å². The number of amides is 2. The van der Waals surface area contributed by atoms with Crippen LogP contribution in [0, 0.1) is 6.92 Å². The normalized spacial score (nSPS) is 14.7. The number of benzene rings is 2. The van der Waals surface area contributed by atoms with E-state index in [0.29, 0.717) is 24.4 Å². The number of aryl methyl sites for hydroxylation is 1. The van der Waals surface area contributed by atoms with Crippen LogP contribution in [-0.2, 0) is 26.2 Å². The minimum absolute atomic E-state index is 0.120. The van der Waals surface area contributed by atoms with Gasteiger partial charge in [0, 0.05) is 25.6 Å². The van der Waals surface area contributed by atoms with Gasteiger partial charge < -0.3 is 15.0 Å². The summed E-state index contributed by atoms with van der Waals surface area (Å²) in [5.41, 5.74) is 2.57. The molecular formula is C28H39N3O5S. The number of rotatable bonds is 12. The lowest BCUT2D eigenvalue weighted by molar-refractivity contribution is -0.141. The third-order valence-corrected chi connectivity index (χ3v) is 8.05. The lowest BCUT2D eigenvalue weighted by Gasteiger charge is -2.30. The van der Waals surface area contributed by atoms with Crippen LogP contribution in [-0.4, -0.2) is 57.1 Å². The summed E-state index contributed by atoms with van der Waals surface area (Å²) in [6.45, 7) is 4.22. The number of carbonyl (C=O) groups is 2. The van der Waals surface area contributed by atoms with Gasteiger partial charge in [-0.05, 0) is 62.9 Å². The Labute approximate surface area is 221 Å². The molecule has 0 spiro atoms. The molecule has 37 heavy (non-hydrogen) atoms. The van der Waals surface area contributed by atoms with Crippen molar-refractivity contribution in [3.05, 3.63) is 59.7 Å². The molecule has 3 rings (SSSR count). The number of carbonyl (C=O) groups excluding carboxylic acids is 2. The molecule has 9 heteroatoms. The van der Waals surface area contributed by atoms with Gasteiger partial charge in [-0.3, -0.25) is 13.9 Å². The average Bonchev–Trinajstić information content (AvgIpc) is 3.38. The molecule has 0 saturated heterocycles. The third kappa shape index (κ3) is 8.21. The maximum atomic E-state index is 13.4. The Morgan fingerprint density at radius 1 is 1.05 bits per heavy atom. The van der Waals surface area contributed by atoms with E-state index in [4.69, 9.17) is 4.74 Å². The van der Waals surface area contributed by atoms with Gasteiger partial charge in [-0.25, -0.2) is 8.42 Å². The quantitative estimate of drug-likeness (QED) is 0.448. The van der Waals surface area contributed by atoms with Crippen LogP contribution in [0.5, 0.6) is 5.75 Å². The Kier molecular flexibility index (Phi) is 9.97. The highest BCUT2D eigenvalue weighted by Crippen LogP contribution is 2.23. The van der Waals surface area contributed by atoms with E-state index in [2.05, 4.69) is 5.32 Å². The summed E-state index contributed by atoms with van der Waals surface area (Å²) in [5, 5.41) is 3.10. The highest BCUT2D eigenvalue weighted by atomic mass is 32.2. The first-order valence-corrected chi connectivity index (χ1v) is 14.7. The van der Waals surface area contributed by atoms with Crippen LogP contribution < -0.4 is 14.4 Å². The lowest BCUT2D eigenvalue weighted by Crippen LogP contribution is -2.49. The summed E-state index contributed by atoms with van der Waals surface area (Å²) < 4.78 is 31.4. The van der Waals surface area contributed by atoms with Gasteiger partial charge in [0.25, 0.3) is 0 Å². The van der Waals surface area contributed by atoms with Crippen LogP contribution in [0.25, 0.3) is 0 Å². The number of ether oxygens (including phenoxy) is 1. The van der Waals surface area contributed by atoms with Gasteiger partial charge in [0.1, 0.15) is 11.8 Å². The summed E-state index contributed by atoms with van der Waals surface area (Å²) in [4.78, 5) is 28.1. The molecule has 0 unspecified atom stereocenters. The zero-order valence-electron chi connectivity index (χ0n) is 22.3. The van der Waals surface area contributed by atoms with Crippen molar-refractivity contribution in [2.24, 2.45) is 0 Å². The molecule has 2 aromatic rings. The van der Waals surface area contributed by atoms with Crippen LogP contribution in [0.1, 0.15) is 56.6 Å². The number of methoxy groups -OCH3 is 1. The zero-order valence-corrected chi connectivity index (χ0v) is 23.1. The number of hydrogen-bond donors (Lipinski definition) is 1. The Bertz CT molecular complexity index is 1140. The molecule has 1 atom stereocenters. The maximum absolute atomic E-state index is 13.4. The molecule has 8 nitrogen and oxygen atoms in total. The van der Waals surface area contributed by atoms with Gasteiger partial charge in [-0.1, -0.05) is 42.7 Å². The first kappa shape index (κ1) is 28.5. The molecule has 1 fully saturated rings. The monoisotopic (exact) mass is 529 g/mol. The van der Waals surface area contributed by atoms with E-state index in [1.54, 1.807) is 43.2 Å². The Hall–Kier alpha value is -3.07. The fraction of sp³-hybridized carbons (Fsp3) is 0.500. The smallest absolute Gasteiger partial charge is 0.242 e. The number of sulfonamides is 1. The van der Waals surface area contributed by atoms with Gasteiger partial charge in [0.2, 0.25) is 21.8 Å². The van der Waals surface area contributed by atoms with Crippen molar-refractivity contribution in [3.63, 3.8) is 0 Å². The van der Waals surface area contributed by atoms with E-state index >= 15 is 0 Å². The Morgan fingerprint density at radius 2 is 1.68 bits per heavy atom. The van der Waals surface area contributed by atoms with Crippen LogP contribution >= 0.6 is 0 Å². The predicted molar refractivity (Wildman–Crippen MR) is 146 cm³/mol. The summed E-state index contributed by atoms with van der Waals surface area (Å²) in [7, 11) is -2.00. The van der Waals surface area contributed by atoms with Gasteiger partial charge in [-0.15, -0.1) is 0 Å². The van der Waals surface area contributed by atoms with E-state index in [1.165, 1.54) is 4.31 Å². The molecule has 0 radical (unpaired) electrons. The highest BCUT2D eigenvalue weighted by Gasteiger charge is 2.28. The van der Waals surface area contributed by atoms with Crippen molar-refractivity contribution in [2.75, 3.05) is 24.2 Å². The van der Waals surface area contributed by atoms with E-state index in [0.717, 1.165) is 43.1 Å². The second kappa shape index (κ2) is 12.9. The van der Waals surface area contributed by atoms with Gasteiger partial charge in [-0.2, -0.15) is 0 Å². The predicted octanol–water partition coefficient (Wildman–Crippen LogP) is 4.03. The molecule has 202 valence electrons. The van der Waals surface area contributed by atoms with Gasteiger partial charge in [0.15, 0.2) is 0 Å². The fourth-order valence-corrected chi connectivity index (χ4v) is 5.58. The number of nitrogens with one attached hydrogen (secondary N) is 1. The van der Waals surface area contributed by atoms with E-state index in [1.807, 2.05) is 31.2 Å². The minimum Gasteiger partial charge on any atom is -0.497 e. The van der Waals surface area contributed by atoms with Crippen molar-refractivity contribution < 1.29 is 22.7 Å². The van der Waals surface area contributed by atoms with Gasteiger partial charge in [0.05, 0.1) is 19.1 Å². The van der Waals surface area contributed by atoms with Crippen LogP contribution in [0.2, 0.25) is 0 Å². The summed E-state index contributed by atoms with van der Waals surface area (Å²) in [5.74, 6) is 0.296. The summed E-state index contributed by atoms with van der Waals surface area (Å²) in [6.07, 6.45) is 5.74. The number of nitrogens with zero attached hydrogens (tertiary/aromatic N) is 2. The van der Waals surface area contributed by atoms with Crippen LogP contribution in [0.3, 0.4) is 0 Å². The molecule has 0 aliphatic heterocycles. The Morgan fingerprint density at radius 3 is 2.24 bits per heavy atom. The lowest BCUT2D eigenvalue weighted by atomic mass is 10.1. The van der Waals surface area contributed by atoms with E-state index in [9.17, 15) is 18.0 Å². The SMILES string of the molecule is COc1ccc(N(CCCC(=O)N(Cc2ccc(C)cc2)[C@@H](C)C(=O)NC2CCCC2)S(C)(=O)=O)cc1. The third-order valence-electron chi connectivity index (χ3n) is 6.85. The maximum Gasteiger partial charge on any atom is 0.242 e. The number of anilines is 1. The second-order valence-electron chi connectivity index (χ2n) is 9.81. The first-order chi connectivity index (χ1) is 17.6. The van der Waals surface area contributed by atoms with Crippen LogP contribution in [0.15, 0.2) is 48.5 Å². The molecule has 0 bridgehead atoms. The first-order valence-electron chi connectivity index (χ1n) is 12.9. The van der Waals surface area contributed by atoms with Gasteiger partial charge >= 0.3 is 0 Å². The van der Waals surface area contributed by atoms with Crippen molar-refractivity contribution >= 4 is 27.5 Å². The Balaban J connectivity index is 1.70. The molecule has 1 saturated carbocycles. The van der Waals surface area contributed by atoms with Crippen molar-refractivity contribution in [2.45, 2.75) is 71.0 Å². The second-order valence-corrected chi connectivity index (χ2v) is 11.7. The van der Waals surface area contributed by atoms with E-state index in [-0.39, 0.29) is 30.8 Å². The molecule has 0 heterocycles. The van der Waals surface area contributed by atoms with Crippen molar-refractivity contribution in [1.29, 1.82) is 0 Å². The standard InChI is InChI=1S/C28H39N3O5S/c1-21-11-13-23(14-12-21)20-30(22(2)28(33)29-24-8-5-6-9-24)27(32)10-7-19-31(37(4,34)35)25-15-17-26(36-3)18-16-25/h11-18,22,24H,5-10,19-20H2,1-4H3,(H,29,33)/t22-/m0/s1. The molecule has 1 aliphatic carbocycles. The molecule has 0 aromatic heterocycles. The summed E-state index contributed by atoms with van der Waals surface area (Å²) >= 11 is 0. The molecule has 1 N–H and O–H groups in total. The van der Waals surface area contributed by atoms with Crippen molar-refractivity contribution in [3.8, 4) is 5.75 Å². The van der Waals surface area contributed by atoms with E-state index < -0.39 is 16.1 Å². The summed E-state index contributed by atoms with van der Waals surface area (Å²) in [6, 6.07) is 14.2. The number of hydrogen-bond acceptors (Lipinski definition) is 5. The van der Waals surface area contributed by atoms with Crippen molar-refractivity contribution in [1.82, 2.24) is 10.2 Å².